The first kappa shape index (κ1) is 9.71. The van der Waals surface area contributed by atoms with Gasteiger partial charge in [-0.15, -0.1) is 4.91 Å². The fourth-order valence-corrected chi connectivity index (χ4v) is 1.20. The van der Waals surface area contributed by atoms with Crippen LogP contribution in [0.2, 0.25) is 0 Å². The minimum Gasteiger partial charge on any atom is -0.508 e. The second-order valence-electron chi connectivity index (χ2n) is 3.01. The van der Waals surface area contributed by atoms with E-state index in [4.69, 9.17) is 0 Å². The van der Waals surface area contributed by atoms with Crippen LogP contribution in [0.25, 0.3) is 0 Å². The van der Waals surface area contributed by atoms with Crippen LogP contribution in [0.1, 0.15) is 25.3 Å². The molecule has 0 amide bonds. The second-order valence-corrected chi connectivity index (χ2v) is 3.01. The Labute approximate surface area is 77.4 Å². The summed E-state index contributed by atoms with van der Waals surface area (Å²) in [7, 11) is 0. The molecule has 1 N–H and O–H groups in total. The fourth-order valence-electron chi connectivity index (χ4n) is 1.20. The summed E-state index contributed by atoms with van der Waals surface area (Å²) in [6, 6.07) is 4.66. The van der Waals surface area contributed by atoms with Gasteiger partial charge in [0.05, 0.1) is 0 Å². The van der Waals surface area contributed by atoms with Crippen LogP contribution >= 0.6 is 0 Å². The van der Waals surface area contributed by atoms with Crippen LogP contribution in [0.5, 0.6) is 5.75 Å². The van der Waals surface area contributed by atoms with Crippen LogP contribution in [0.3, 0.4) is 0 Å². The second kappa shape index (κ2) is 4.60. The molecule has 1 aromatic rings. The molecule has 0 aliphatic carbocycles. The molecule has 0 heterocycles. The van der Waals surface area contributed by atoms with E-state index in [0.29, 0.717) is 5.69 Å². The van der Waals surface area contributed by atoms with Gasteiger partial charge in [-0.2, -0.15) is 0 Å². The van der Waals surface area contributed by atoms with Gasteiger partial charge in [-0.05, 0) is 41.8 Å². The monoisotopic (exact) mass is 179 g/mol. The molecule has 0 bridgehead atoms. The fraction of sp³-hybridized carbons (Fsp3) is 0.400. The van der Waals surface area contributed by atoms with E-state index in [9.17, 15) is 10.0 Å². The highest BCUT2D eigenvalue weighted by atomic mass is 16.3. The Hall–Kier alpha value is -1.38. The Kier molecular flexibility index (Phi) is 3.43. The summed E-state index contributed by atoms with van der Waals surface area (Å²) in [6.07, 6.45) is 2.87. The quantitative estimate of drug-likeness (QED) is 0.722. The maximum Gasteiger partial charge on any atom is 0.118 e. The van der Waals surface area contributed by atoms with Gasteiger partial charge in [0.1, 0.15) is 11.4 Å². The van der Waals surface area contributed by atoms with Crippen LogP contribution in [0.15, 0.2) is 23.4 Å². The number of nitroso groups, excluding NO2 is 1. The number of phenols is 1. The van der Waals surface area contributed by atoms with E-state index < -0.39 is 0 Å². The minimum absolute atomic E-state index is 0.251. The van der Waals surface area contributed by atoms with Crippen LogP contribution in [-0.2, 0) is 6.42 Å². The average molecular weight is 179 g/mol. The van der Waals surface area contributed by atoms with Gasteiger partial charge in [0.15, 0.2) is 0 Å². The molecule has 70 valence electrons. The van der Waals surface area contributed by atoms with Gasteiger partial charge in [-0.3, -0.25) is 0 Å². The molecule has 0 saturated carbocycles. The first-order valence-electron chi connectivity index (χ1n) is 4.43. The number of hydrogen-bond acceptors (Lipinski definition) is 3. The van der Waals surface area contributed by atoms with Gasteiger partial charge in [0, 0.05) is 0 Å². The van der Waals surface area contributed by atoms with Crippen molar-refractivity contribution in [2.75, 3.05) is 0 Å². The third-order valence-corrected chi connectivity index (χ3v) is 1.97. The standard InChI is InChI=1S/C10H13NO2/c1-2-3-4-8-7-9(11-13)5-6-10(8)12/h5-7,12H,2-4H2,1H3. The predicted molar refractivity (Wildman–Crippen MR) is 52.2 cm³/mol. The smallest absolute Gasteiger partial charge is 0.118 e. The zero-order valence-electron chi connectivity index (χ0n) is 7.66. The van der Waals surface area contributed by atoms with Crippen molar-refractivity contribution < 1.29 is 5.11 Å². The number of aryl methyl sites for hydroxylation is 1. The van der Waals surface area contributed by atoms with Crippen molar-refractivity contribution in [2.24, 2.45) is 5.18 Å². The molecule has 0 saturated heterocycles. The SMILES string of the molecule is CCCCc1cc(N=O)ccc1O. The zero-order chi connectivity index (χ0) is 9.68. The highest BCUT2D eigenvalue weighted by molar-refractivity contribution is 5.46. The lowest BCUT2D eigenvalue weighted by Gasteiger charge is -2.02. The van der Waals surface area contributed by atoms with Crippen molar-refractivity contribution in [1.29, 1.82) is 0 Å². The first-order chi connectivity index (χ1) is 6.27. The van der Waals surface area contributed by atoms with Gasteiger partial charge in [-0.1, -0.05) is 13.3 Å². The van der Waals surface area contributed by atoms with Crippen molar-refractivity contribution in [3.05, 3.63) is 28.7 Å². The molecular formula is C10H13NO2. The zero-order valence-corrected chi connectivity index (χ0v) is 7.66. The molecule has 1 rings (SSSR count). The Balaban J connectivity index is 2.83. The van der Waals surface area contributed by atoms with Crippen molar-refractivity contribution >= 4 is 5.69 Å². The van der Waals surface area contributed by atoms with E-state index in [2.05, 4.69) is 12.1 Å². The van der Waals surface area contributed by atoms with E-state index >= 15 is 0 Å². The molecule has 0 aliphatic heterocycles. The largest absolute Gasteiger partial charge is 0.508 e. The Bertz CT molecular complexity index is 297. The molecular weight excluding hydrogens is 166 g/mol. The summed E-state index contributed by atoms with van der Waals surface area (Å²) >= 11 is 0. The number of benzene rings is 1. The third kappa shape index (κ3) is 2.54. The summed E-state index contributed by atoms with van der Waals surface area (Å²) in [5.74, 6) is 0.251. The van der Waals surface area contributed by atoms with Gasteiger partial charge in [-0.25, -0.2) is 0 Å². The van der Waals surface area contributed by atoms with E-state index in [1.54, 1.807) is 6.07 Å². The minimum atomic E-state index is 0.251. The van der Waals surface area contributed by atoms with Crippen molar-refractivity contribution in [3.63, 3.8) is 0 Å². The maximum absolute atomic E-state index is 10.2. The Morgan fingerprint density at radius 1 is 1.46 bits per heavy atom. The lowest BCUT2D eigenvalue weighted by molar-refractivity contribution is 0.467. The molecule has 0 aliphatic rings. The average Bonchev–Trinajstić information content (AvgIpc) is 2.17. The van der Waals surface area contributed by atoms with Crippen LogP contribution < -0.4 is 0 Å². The van der Waals surface area contributed by atoms with Gasteiger partial charge in [0.2, 0.25) is 0 Å². The molecule has 0 unspecified atom stereocenters. The number of hydrogen-bond donors (Lipinski definition) is 1. The maximum atomic E-state index is 10.2. The van der Waals surface area contributed by atoms with E-state index in [1.807, 2.05) is 0 Å². The van der Waals surface area contributed by atoms with Gasteiger partial charge >= 0.3 is 0 Å². The van der Waals surface area contributed by atoms with Gasteiger partial charge < -0.3 is 5.11 Å². The summed E-state index contributed by atoms with van der Waals surface area (Å²) < 4.78 is 0. The highest BCUT2D eigenvalue weighted by Gasteiger charge is 2.02. The summed E-state index contributed by atoms with van der Waals surface area (Å²) in [5.41, 5.74) is 1.18. The number of rotatable bonds is 4. The molecule has 13 heavy (non-hydrogen) atoms. The van der Waals surface area contributed by atoms with E-state index in [-0.39, 0.29) is 5.75 Å². The first-order valence-corrected chi connectivity index (χ1v) is 4.43. The third-order valence-electron chi connectivity index (χ3n) is 1.97. The number of aromatic hydroxyl groups is 1. The van der Waals surface area contributed by atoms with Crippen molar-refractivity contribution in [2.45, 2.75) is 26.2 Å². The summed E-state index contributed by atoms with van der Waals surface area (Å²) in [5, 5.41) is 12.2. The summed E-state index contributed by atoms with van der Waals surface area (Å²) in [6.45, 7) is 2.08. The van der Waals surface area contributed by atoms with Crippen LogP contribution in [0.4, 0.5) is 5.69 Å². The summed E-state index contributed by atoms with van der Waals surface area (Å²) in [4.78, 5) is 10.2. The highest BCUT2D eigenvalue weighted by Crippen LogP contribution is 2.24. The topological polar surface area (TPSA) is 49.7 Å². The molecule has 0 spiro atoms. The molecule has 3 nitrogen and oxygen atoms in total. The van der Waals surface area contributed by atoms with Crippen molar-refractivity contribution in [1.82, 2.24) is 0 Å². The Morgan fingerprint density at radius 2 is 2.23 bits per heavy atom. The van der Waals surface area contributed by atoms with Crippen LogP contribution in [0, 0.1) is 4.91 Å². The number of unbranched alkanes of at least 4 members (excludes halogenated alkanes) is 1. The molecule has 3 heteroatoms. The molecule has 0 fully saturated rings. The predicted octanol–water partition coefficient (Wildman–Crippen LogP) is 3.13. The Morgan fingerprint density at radius 3 is 2.85 bits per heavy atom. The molecule has 0 radical (unpaired) electrons. The van der Waals surface area contributed by atoms with E-state index in [1.165, 1.54) is 12.1 Å². The molecule has 0 aromatic heterocycles. The lowest BCUT2D eigenvalue weighted by atomic mass is 10.1. The number of phenolic OH excluding ortho intramolecular Hbond substituents is 1. The van der Waals surface area contributed by atoms with E-state index in [0.717, 1.165) is 24.8 Å². The normalized spacial score (nSPS) is 9.92. The van der Waals surface area contributed by atoms with Gasteiger partial charge in [0.25, 0.3) is 0 Å². The molecule has 1 aromatic carbocycles. The van der Waals surface area contributed by atoms with Crippen LogP contribution in [-0.4, -0.2) is 5.11 Å². The number of nitrogens with zero attached hydrogens (tertiary/aromatic N) is 1. The van der Waals surface area contributed by atoms with Crippen molar-refractivity contribution in [3.8, 4) is 5.75 Å². The molecule has 0 atom stereocenters. The lowest BCUT2D eigenvalue weighted by Crippen LogP contribution is -1.84.